The van der Waals surface area contributed by atoms with Gasteiger partial charge < -0.3 is 5.32 Å². The third-order valence-corrected chi connectivity index (χ3v) is 7.15. The maximum Gasteiger partial charge on any atom is 0.223 e. The fourth-order valence-electron chi connectivity index (χ4n) is 4.52. The minimum atomic E-state index is 0.0726. The molecule has 0 radical (unpaired) electrons. The summed E-state index contributed by atoms with van der Waals surface area (Å²) < 4.78 is 0. The summed E-state index contributed by atoms with van der Waals surface area (Å²) in [6.45, 7) is 4.86. The lowest BCUT2D eigenvalue weighted by Gasteiger charge is -2.32. The normalized spacial score (nSPS) is 16.0. The second-order valence-corrected chi connectivity index (χ2v) is 9.82. The van der Waals surface area contributed by atoms with Gasteiger partial charge in [-0.3, -0.25) is 9.69 Å². The molecule has 1 amide bonds. The maximum absolute atomic E-state index is 13.1. The van der Waals surface area contributed by atoms with Crippen molar-refractivity contribution in [2.45, 2.75) is 51.6 Å². The third kappa shape index (κ3) is 6.50. The molecule has 1 aromatic heterocycles. The minimum absolute atomic E-state index is 0.0726. The van der Waals surface area contributed by atoms with E-state index < -0.39 is 0 Å². The van der Waals surface area contributed by atoms with Crippen LogP contribution >= 0.6 is 11.3 Å². The highest BCUT2D eigenvalue weighted by molar-refractivity contribution is 7.09. The van der Waals surface area contributed by atoms with Gasteiger partial charge in [0.05, 0.1) is 16.7 Å². The molecule has 1 atom stereocenters. The molecule has 1 aliphatic heterocycles. The number of hydrogen-bond donors (Lipinski definition) is 1. The molecule has 5 heteroatoms. The van der Waals surface area contributed by atoms with Crippen molar-refractivity contribution in [2.24, 2.45) is 5.92 Å². The molecule has 168 valence electrons. The highest BCUT2D eigenvalue weighted by Gasteiger charge is 2.27. The summed E-state index contributed by atoms with van der Waals surface area (Å²) in [5.41, 5.74) is 3.71. The van der Waals surface area contributed by atoms with Crippen LogP contribution in [0.5, 0.6) is 0 Å². The van der Waals surface area contributed by atoms with Gasteiger partial charge in [-0.05, 0) is 63.2 Å². The smallest absolute Gasteiger partial charge is 0.223 e. The number of piperidine rings is 1. The molecule has 1 aliphatic rings. The zero-order chi connectivity index (χ0) is 22.2. The molecule has 1 saturated heterocycles. The second-order valence-electron chi connectivity index (χ2n) is 8.76. The van der Waals surface area contributed by atoms with Crippen LogP contribution in [0, 0.1) is 12.8 Å². The van der Waals surface area contributed by atoms with Crippen LogP contribution in [0.25, 0.3) is 0 Å². The first-order chi connectivity index (χ1) is 15.7. The van der Waals surface area contributed by atoms with Crippen LogP contribution in [0.4, 0.5) is 0 Å². The van der Waals surface area contributed by atoms with Crippen LogP contribution in [-0.4, -0.2) is 28.9 Å². The monoisotopic (exact) mass is 447 g/mol. The Hall–Kier alpha value is -2.50. The van der Waals surface area contributed by atoms with Crippen molar-refractivity contribution in [1.29, 1.82) is 0 Å². The fourth-order valence-corrected chi connectivity index (χ4v) is 5.12. The van der Waals surface area contributed by atoms with Gasteiger partial charge in [-0.25, -0.2) is 4.98 Å². The van der Waals surface area contributed by atoms with Crippen molar-refractivity contribution in [3.8, 4) is 0 Å². The first-order valence-corrected chi connectivity index (χ1v) is 12.6. The Kier molecular flexibility index (Phi) is 8.07. The average Bonchev–Trinajstić information content (AvgIpc) is 3.24. The van der Waals surface area contributed by atoms with E-state index in [-0.39, 0.29) is 17.9 Å². The Morgan fingerprint density at radius 3 is 2.44 bits per heavy atom. The molecular weight excluding hydrogens is 414 g/mol. The number of benzene rings is 2. The molecular formula is C27H33N3OS. The number of hydrogen-bond acceptors (Lipinski definition) is 4. The van der Waals surface area contributed by atoms with Crippen molar-refractivity contribution >= 4 is 17.2 Å². The van der Waals surface area contributed by atoms with Crippen molar-refractivity contribution < 1.29 is 4.79 Å². The Morgan fingerprint density at radius 1 is 1.09 bits per heavy atom. The molecule has 1 unspecified atom stereocenters. The quantitative estimate of drug-likeness (QED) is 0.468. The van der Waals surface area contributed by atoms with Gasteiger partial charge in [0, 0.05) is 17.8 Å². The maximum atomic E-state index is 13.1. The highest BCUT2D eigenvalue weighted by atomic mass is 32.1. The lowest BCUT2D eigenvalue weighted by molar-refractivity contribution is -0.127. The van der Waals surface area contributed by atoms with Gasteiger partial charge in [-0.1, -0.05) is 60.7 Å². The molecule has 2 heterocycles. The number of rotatable bonds is 9. The van der Waals surface area contributed by atoms with Crippen LogP contribution in [0.3, 0.4) is 0 Å². The molecule has 3 aromatic rings. The zero-order valence-corrected chi connectivity index (χ0v) is 19.7. The summed E-state index contributed by atoms with van der Waals surface area (Å²) in [5, 5.41) is 6.65. The van der Waals surface area contributed by atoms with Gasteiger partial charge in [0.1, 0.15) is 0 Å². The minimum Gasteiger partial charge on any atom is -0.349 e. The number of carbonyl (C=O) groups excluding carboxylic acids is 1. The van der Waals surface area contributed by atoms with Gasteiger partial charge in [-0.15, -0.1) is 11.3 Å². The number of thiazole rings is 1. The average molecular weight is 448 g/mol. The number of nitrogens with one attached hydrogen (secondary N) is 1. The summed E-state index contributed by atoms with van der Waals surface area (Å²) in [6.07, 6.45) is 4.87. The molecule has 1 fully saturated rings. The van der Waals surface area contributed by atoms with Crippen molar-refractivity contribution in [2.75, 3.05) is 13.1 Å². The van der Waals surface area contributed by atoms with Crippen LogP contribution in [0.1, 0.15) is 53.6 Å². The highest BCUT2D eigenvalue weighted by Crippen LogP contribution is 2.24. The van der Waals surface area contributed by atoms with E-state index in [1.54, 1.807) is 11.3 Å². The summed E-state index contributed by atoms with van der Waals surface area (Å²) in [7, 11) is 0. The topological polar surface area (TPSA) is 45.2 Å². The third-order valence-electron chi connectivity index (χ3n) is 6.33. The van der Waals surface area contributed by atoms with E-state index in [0.717, 1.165) is 62.4 Å². The fraction of sp³-hybridized carbons (Fsp3) is 0.407. The van der Waals surface area contributed by atoms with E-state index in [4.69, 9.17) is 0 Å². The second kappa shape index (κ2) is 11.4. The number of amides is 1. The van der Waals surface area contributed by atoms with Crippen molar-refractivity contribution in [1.82, 2.24) is 15.2 Å². The van der Waals surface area contributed by atoms with Crippen LogP contribution in [-0.2, 0) is 17.8 Å². The number of aromatic nitrogens is 1. The summed E-state index contributed by atoms with van der Waals surface area (Å²) >= 11 is 1.71. The van der Waals surface area contributed by atoms with E-state index in [0.29, 0.717) is 0 Å². The van der Waals surface area contributed by atoms with Gasteiger partial charge in [0.2, 0.25) is 5.91 Å². The first kappa shape index (κ1) is 22.7. The van der Waals surface area contributed by atoms with Gasteiger partial charge in [0.15, 0.2) is 0 Å². The summed E-state index contributed by atoms with van der Waals surface area (Å²) in [6, 6.07) is 21.1. The first-order valence-electron chi connectivity index (χ1n) is 11.7. The molecule has 0 saturated carbocycles. The van der Waals surface area contributed by atoms with E-state index in [1.165, 1.54) is 11.1 Å². The zero-order valence-electron chi connectivity index (χ0n) is 18.9. The lowest BCUT2D eigenvalue weighted by atomic mass is 9.93. The van der Waals surface area contributed by atoms with Crippen molar-refractivity contribution in [3.63, 3.8) is 0 Å². The Balaban J connectivity index is 1.30. The molecule has 4 nitrogen and oxygen atoms in total. The SMILES string of the molecule is Cc1nc(CN2CCC(C(=O)NC(CCCc3ccccc3)c3ccccc3)CC2)cs1. The van der Waals surface area contributed by atoms with Crippen LogP contribution in [0.2, 0.25) is 0 Å². The van der Waals surface area contributed by atoms with Crippen molar-refractivity contribution in [3.05, 3.63) is 87.9 Å². The van der Waals surface area contributed by atoms with E-state index in [9.17, 15) is 4.79 Å². The number of aryl methyl sites for hydroxylation is 2. The predicted octanol–water partition coefficient (Wildman–Crippen LogP) is 5.54. The number of likely N-dealkylation sites (tertiary alicyclic amines) is 1. The van der Waals surface area contributed by atoms with Crippen LogP contribution < -0.4 is 5.32 Å². The summed E-state index contributed by atoms with van der Waals surface area (Å²) in [5.74, 6) is 0.312. The molecule has 0 bridgehead atoms. The standard InChI is InChI=1S/C27H33N3OS/c1-21-28-25(20-32-21)19-30-17-15-24(16-18-30)27(31)29-26(23-12-6-3-7-13-23)14-8-11-22-9-4-2-5-10-22/h2-7,9-10,12-13,20,24,26H,8,11,14-19H2,1H3,(H,29,31). The van der Waals surface area contributed by atoms with Crippen LogP contribution in [0.15, 0.2) is 66.0 Å². The molecule has 0 aliphatic carbocycles. The van der Waals surface area contributed by atoms with E-state index >= 15 is 0 Å². The predicted molar refractivity (Wildman–Crippen MR) is 132 cm³/mol. The number of nitrogens with zero attached hydrogens (tertiary/aromatic N) is 2. The van der Waals surface area contributed by atoms with E-state index in [2.05, 4.69) is 75.2 Å². The largest absolute Gasteiger partial charge is 0.349 e. The molecule has 1 N–H and O–H groups in total. The lowest BCUT2D eigenvalue weighted by Crippen LogP contribution is -2.41. The Labute approximate surface area is 195 Å². The van der Waals surface area contributed by atoms with Gasteiger partial charge in [-0.2, -0.15) is 0 Å². The Bertz CT molecular complexity index is 965. The van der Waals surface area contributed by atoms with Gasteiger partial charge in [0.25, 0.3) is 0 Å². The molecule has 0 spiro atoms. The van der Waals surface area contributed by atoms with Gasteiger partial charge >= 0.3 is 0 Å². The molecule has 2 aromatic carbocycles. The molecule has 32 heavy (non-hydrogen) atoms. The molecule has 4 rings (SSSR count). The Morgan fingerprint density at radius 2 is 1.78 bits per heavy atom. The number of carbonyl (C=O) groups is 1. The summed E-state index contributed by atoms with van der Waals surface area (Å²) in [4.78, 5) is 20.1. The van der Waals surface area contributed by atoms with E-state index in [1.807, 2.05) is 13.0 Å².